The molecule has 0 spiro atoms. The van der Waals surface area contributed by atoms with Crippen LogP contribution in [0.3, 0.4) is 0 Å². The number of amides is 1. The Kier molecular flexibility index (Phi) is 6.60. The second kappa shape index (κ2) is 7.97. The summed E-state index contributed by atoms with van der Waals surface area (Å²) in [6.45, 7) is 5.75. The number of hydrogen-bond acceptors (Lipinski definition) is 2. The van der Waals surface area contributed by atoms with Gasteiger partial charge in [-0.15, -0.1) is 6.58 Å². The summed E-state index contributed by atoms with van der Waals surface area (Å²) < 4.78 is 0. The van der Waals surface area contributed by atoms with Crippen LogP contribution >= 0.6 is 0 Å². The molecule has 4 nitrogen and oxygen atoms in total. The van der Waals surface area contributed by atoms with Crippen molar-refractivity contribution in [2.75, 3.05) is 0 Å². The van der Waals surface area contributed by atoms with Gasteiger partial charge in [-0.2, -0.15) is 0 Å². The largest absolute Gasteiger partial charge is 0.480 e. The Labute approximate surface area is 115 Å². The maximum Gasteiger partial charge on any atom is 0.326 e. The number of carbonyl (C=O) groups is 2. The van der Waals surface area contributed by atoms with Crippen molar-refractivity contribution in [3.8, 4) is 0 Å². The normalized spacial score (nSPS) is 24.5. The summed E-state index contributed by atoms with van der Waals surface area (Å²) >= 11 is 0. The molecule has 1 aliphatic rings. The maximum absolute atomic E-state index is 12.1. The molecular formula is C15H25NO3. The molecule has 0 aromatic carbocycles. The second-order valence-electron chi connectivity index (χ2n) is 5.39. The van der Waals surface area contributed by atoms with Crippen LogP contribution in [0.2, 0.25) is 0 Å². The molecule has 1 amide bonds. The lowest BCUT2D eigenvalue weighted by atomic mass is 9.80. The van der Waals surface area contributed by atoms with Gasteiger partial charge in [0.1, 0.15) is 6.04 Å². The van der Waals surface area contributed by atoms with Crippen molar-refractivity contribution < 1.29 is 14.7 Å². The van der Waals surface area contributed by atoms with Gasteiger partial charge in [0.2, 0.25) is 5.91 Å². The Morgan fingerprint density at radius 3 is 2.47 bits per heavy atom. The fourth-order valence-corrected chi connectivity index (χ4v) is 2.66. The van der Waals surface area contributed by atoms with Crippen LogP contribution in [0.15, 0.2) is 12.7 Å². The van der Waals surface area contributed by atoms with Gasteiger partial charge in [0.25, 0.3) is 0 Å². The van der Waals surface area contributed by atoms with E-state index < -0.39 is 12.0 Å². The molecule has 1 fully saturated rings. The minimum Gasteiger partial charge on any atom is -0.480 e. The molecule has 1 saturated carbocycles. The van der Waals surface area contributed by atoms with Crippen LogP contribution in [0, 0.1) is 11.8 Å². The number of carboxylic acids is 1. The van der Waals surface area contributed by atoms with Crippen molar-refractivity contribution in [3.63, 3.8) is 0 Å². The van der Waals surface area contributed by atoms with Gasteiger partial charge >= 0.3 is 5.97 Å². The Bertz CT molecular complexity index is 319. The number of rotatable bonds is 7. The third kappa shape index (κ3) is 5.05. The third-order valence-corrected chi connectivity index (χ3v) is 4.07. The smallest absolute Gasteiger partial charge is 0.326 e. The van der Waals surface area contributed by atoms with E-state index in [0.29, 0.717) is 12.8 Å². The van der Waals surface area contributed by atoms with Crippen LogP contribution in [0.1, 0.15) is 51.9 Å². The van der Waals surface area contributed by atoms with Crippen LogP contribution in [-0.4, -0.2) is 23.0 Å². The highest BCUT2D eigenvalue weighted by Gasteiger charge is 2.28. The molecule has 1 aliphatic carbocycles. The quantitative estimate of drug-likeness (QED) is 0.697. The molecule has 1 rings (SSSR count). The van der Waals surface area contributed by atoms with E-state index in [0.717, 1.165) is 31.6 Å². The predicted octanol–water partition coefficient (Wildman–Crippen LogP) is 2.74. The summed E-state index contributed by atoms with van der Waals surface area (Å²) in [5.41, 5.74) is 0. The van der Waals surface area contributed by atoms with E-state index in [-0.39, 0.29) is 11.8 Å². The van der Waals surface area contributed by atoms with Crippen molar-refractivity contribution in [3.05, 3.63) is 12.7 Å². The number of hydrogen-bond donors (Lipinski definition) is 2. The maximum atomic E-state index is 12.1. The molecular weight excluding hydrogens is 242 g/mol. The number of allylic oxidation sites excluding steroid dienone is 1. The molecule has 0 heterocycles. The first-order chi connectivity index (χ1) is 9.08. The van der Waals surface area contributed by atoms with Gasteiger partial charge in [-0.1, -0.05) is 19.4 Å². The van der Waals surface area contributed by atoms with E-state index in [4.69, 9.17) is 5.11 Å². The van der Waals surface area contributed by atoms with Crippen LogP contribution in [0.25, 0.3) is 0 Å². The summed E-state index contributed by atoms with van der Waals surface area (Å²) in [4.78, 5) is 23.1. The first-order valence-corrected chi connectivity index (χ1v) is 7.22. The van der Waals surface area contributed by atoms with Gasteiger partial charge in [0, 0.05) is 5.92 Å². The lowest BCUT2D eigenvalue weighted by molar-refractivity contribution is -0.142. The Hall–Kier alpha value is -1.32. The minimum absolute atomic E-state index is 0.00613. The monoisotopic (exact) mass is 267 g/mol. The average molecular weight is 267 g/mol. The molecule has 0 radical (unpaired) electrons. The van der Waals surface area contributed by atoms with Gasteiger partial charge in [-0.3, -0.25) is 4.79 Å². The Morgan fingerprint density at radius 1 is 1.37 bits per heavy atom. The van der Waals surface area contributed by atoms with Crippen molar-refractivity contribution in [2.45, 2.75) is 57.9 Å². The molecule has 0 saturated heterocycles. The van der Waals surface area contributed by atoms with Crippen LogP contribution < -0.4 is 5.32 Å². The predicted molar refractivity (Wildman–Crippen MR) is 74.7 cm³/mol. The molecule has 0 bridgehead atoms. The van der Waals surface area contributed by atoms with E-state index in [1.54, 1.807) is 6.08 Å². The Balaban J connectivity index is 2.44. The third-order valence-electron chi connectivity index (χ3n) is 4.07. The minimum atomic E-state index is -0.961. The van der Waals surface area contributed by atoms with E-state index in [1.165, 1.54) is 6.42 Å². The molecule has 108 valence electrons. The van der Waals surface area contributed by atoms with E-state index >= 15 is 0 Å². The molecule has 4 heteroatoms. The molecule has 0 aromatic heterocycles. The van der Waals surface area contributed by atoms with Gasteiger partial charge < -0.3 is 10.4 Å². The second-order valence-corrected chi connectivity index (χ2v) is 5.39. The molecule has 1 atom stereocenters. The lowest BCUT2D eigenvalue weighted by Gasteiger charge is -2.27. The van der Waals surface area contributed by atoms with E-state index in [9.17, 15) is 9.59 Å². The first kappa shape index (κ1) is 15.7. The van der Waals surface area contributed by atoms with Gasteiger partial charge in [-0.05, 0) is 44.4 Å². The fraction of sp³-hybridized carbons (Fsp3) is 0.733. The van der Waals surface area contributed by atoms with Crippen LogP contribution in [0.4, 0.5) is 0 Å². The highest BCUT2D eigenvalue weighted by molar-refractivity contribution is 5.85. The first-order valence-electron chi connectivity index (χ1n) is 7.22. The van der Waals surface area contributed by atoms with Crippen LogP contribution in [-0.2, 0) is 9.59 Å². The highest BCUT2D eigenvalue weighted by Crippen LogP contribution is 2.30. The van der Waals surface area contributed by atoms with Gasteiger partial charge in [0.15, 0.2) is 0 Å². The summed E-state index contributed by atoms with van der Waals surface area (Å²) in [7, 11) is 0. The fourth-order valence-electron chi connectivity index (χ4n) is 2.66. The van der Waals surface area contributed by atoms with Crippen LogP contribution in [0.5, 0.6) is 0 Å². The standard InChI is InChI=1S/C15H25NO3/c1-3-5-6-13(15(18)19)16-14(17)12-9-7-11(4-2)8-10-12/h3,11-13H,1,4-10H2,2H3,(H,16,17)(H,18,19). The number of carbonyl (C=O) groups excluding carboxylic acids is 1. The molecule has 2 N–H and O–H groups in total. The number of aliphatic carboxylic acids is 1. The summed E-state index contributed by atoms with van der Waals surface area (Å²) in [6.07, 6.45) is 7.79. The van der Waals surface area contributed by atoms with Crippen molar-refractivity contribution in [1.29, 1.82) is 0 Å². The Morgan fingerprint density at radius 2 is 2.00 bits per heavy atom. The SMILES string of the molecule is C=CCCC(NC(=O)C1CCC(CC)CC1)C(=O)O. The summed E-state index contributed by atoms with van der Waals surface area (Å²) in [6, 6.07) is -0.783. The zero-order valence-corrected chi connectivity index (χ0v) is 11.7. The number of nitrogens with one attached hydrogen (secondary N) is 1. The number of carboxylic acid groups (broad SMARTS) is 1. The summed E-state index contributed by atoms with van der Waals surface area (Å²) in [5, 5.41) is 11.7. The molecule has 0 aromatic rings. The average Bonchev–Trinajstić information content (AvgIpc) is 2.43. The molecule has 19 heavy (non-hydrogen) atoms. The summed E-state index contributed by atoms with van der Waals surface area (Å²) in [5.74, 6) is -0.322. The zero-order valence-electron chi connectivity index (χ0n) is 11.7. The van der Waals surface area contributed by atoms with Crippen molar-refractivity contribution in [1.82, 2.24) is 5.32 Å². The van der Waals surface area contributed by atoms with Gasteiger partial charge in [-0.25, -0.2) is 4.79 Å². The zero-order chi connectivity index (χ0) is 14.3. The molecule has 1 unspecified atom stereocenters. The lowest BCUT2D eigenvalue weighted by Crippen LogP contribution is -2.44. The van der Waals surface area contributed by atoms with Crippen molar-refractivity contribution >= 4 is 11.9 Å². The van der Waals surface area contributed by atoms with E-state index in [2.05, 4.69) is 18.8 Å². The van der Waals surface area contributed by atoms with Gasteiger partial charge in [0.05, 0.1) is 0 Å². The van der Waals surface area contributed by atoms with E-state index in [1.807, 2.05) is 0 Å². The van der Waals surface area contributed by atoms with Crippen molar-refractivity contribution in [2.24, 2.45) is 11.8 Å². The highest BCUT2D eigenvalue weighted by atomic mass is 16.4. The molecule has 0 aliphatic heterocycles. The topological polar surface area (TPSA) is 66.4 Å².